The molecular weight excluding hydrogens is 577 g/mol. The second-order valence-corrected chi connectivity index (χ2v) is 13.0. The number of para-hydroxylation sites is 1. The van der Waals surface area contributed by atoms with Crippen LogP contribution >= 0.6 is 11.3 Å². The number of hydrogen-bond acceptors (Lipinski definition) is 2. The normalized spacial score (nSPS) is 11.9. The summed E-state index contributed by atoms with van der Waals surface area (Å²) in [7, 11) is 0. The SMILES string of the molecule is c1ccc(-c2cc(-c3ccccc3)nc(-n3c4ccccc4c4c5ccc6c(ccc7sc8ccccc8c76)c5ccc43)c2)cc1. The van der Waals surface area contributed by atoms with Crippen LogP contribution in [0.2, 0.25) is 0 Å². The lowest BCUT2D eigenvalue weighted by molar-refractivity contribution is 1.08. The molecule has 0 saturated carbocycles. The number of nitrogens with zero attached hydrogens (tertiary/aromatic N) is 2. The lowest BCUT2D eigenvalue weighted by Crippen LogP contribution is -2.00. The number of pyridine rings is 1. The zero-order chi connectivity index (χ0) is 30.2. The first-order valence-corrected chi connectivity index (χ1v) is 16.5. The Bertz CT molecular complexity index is 2730. The minimum absolute atomic E-state index is 0.915. The third-order valence-electron chi connectivity index (χ3n) is 9.39. The van der Waals surface area contributed by atoms with E-state index in [9.17, 15) is 0 Å². The largest absolute Gasteiger partial charge is 0.294 e. The lowest BCUT2D eigenvalue weighted by atomic mass is 9.96. The van der Waals surface area contributed by atoms with Gasteiger partial charge in [0, 0.05) is 36.5 Å². The van der Waals surface area contributed by atoms with Crippen molar-refractivity contribution in [2.45, 2.75) is 0 Å². The van der Waals surface area contributed by atoms with Crippen LogP contribution in [-0.4, -0.2) is 9.55 Å². The number of benzene rings is 7. The Kier molecular flexibility index (Phi) is 5.48. The quantitative estimate of drug-likeness (QED) is 0.184. The minimum Gasteiger partial charge on any atom is -0.294 e. The number of aromatic nitrogens is 2. The van der Waals surface area contributed by atoms with E-state index in [4.69, 9.17) is 4.98 Å². The van der Waals surface area contributed by atoms with E-state index in [-0.39, 0.29) is 0 Å². The Morgan fingerprint density at radius 1 is 0.391 bits per heavy atom. The molecule has 10 rings (SSSR count). The zero-order valence-corrected chi connectivity index (χ0v) is 25.6. The Hall–Kier alpha value is -5.77. The van der Waals surface area contributed by atoms with Gasteiger partial charge in [0.05, 0.1) is 16.7 Å². The minimum atomic E-state index is 0.915. The maximum Gasteiger partial charge on any atom is 0.138 e. The second-order valence-electron chi connectivity index (χ2n) is 11.9. The Morgan fingerprint density at radius 3 is 1.83 bits per heavy atom. The van der Waals surface area contributed by atoms with Gasteiger partial charge in [-0.25, -0.2) is 4.98 Å². The van der Waals surface area contributed by atoms with Crippen molar-refractivity contribution in [3.63, 3.8) is 0 Å². The fraction of sp³-hybridized carbons (Fsp3) is 0. The Balaban J connectivity index is 1.29. The molecule has 10 aromatic rings. The van der Waals surface area contributed by atoms with Gasteiger partial charge in [0.15, 0.2) is 0 Å². The lowest BCUT2D eigenvalue weighted by Gasteiger charge is -2.13. The number of rotatable bonds is 3. The van der Waals surface area contributed by atoms with Crippen molar-refractivity contribution >= 4 is 74.9 Å². The van der Waals surface area contributed by atoms with E-state index in [0.29, 0.717) is 0 Å². The van der Waals surface area contributed by atoms with Gasteiger partial charge in [-0.1, -0.05) is 121 Å². The van der Waals surface area contributed by atoms with E-state index in [0.717, 1.165) is 33.7 Å². The van der Waals surface area contributed by atoms with Crippen molar-refractivity contribution in [2.24, 2.45) is 0 Å². The summed E-state index contributed by atoms with van der Waals surface area (Å²) in [6.07, 6.45) is 0. The monoisotopic (exact) mass is 602 g/mol. The number of thiophene rings is 1. The third kappa shape index (κ3) is 3.73. The number of hydrogen-bond donors (Lipinski definition) is 0. The molecule has 2 nitrogen and oxygen atoms in total. The van der Waals surface area contributed by atoms with Crippen molar-refractivity contribution in [1.82, 2.24) is 9.55 Å². The fourth-order valence-corrected chi connectivity index (χ4v) is 8.47. The molecule has 0 bridgehead atoms. The van der Waals surface area contributed by atoms with Gasteiger partial charge < -0.3 is 0 Å². The summed E-state index contributed by atoms with van der Waals surface area (Å²) in [5.41, 5.74) is 6.70. The molecule has 3 aromatic heterocycles. The van der Waals surface area contributed by atoms with Gasteiger partial charge in [-0.05, 0) is 69.1 Å². The van der Waals surface area contributed by atoms with Gasteiger partial charge in [-0.2, -0.15) is 0 Å². The highest BCUT2D eigenvalue weighted by molar-refractivity contribution is 7.26. The second kappa shape index (κ2) is 9.87. The Morgan fingerprint density at radius 2 is 1.02 bits per heavy atom. The van der Waals surface area contributed by atoms with Crippen LogP contribution in [0.3, 0.4) is 0 Å². The summed E-state index contributed by atoms with van der Waals surface area (Å²) < 4.78 is 5.02. The first kappa shape index (κ1) is 25.5. The van der Waals surface area contributed by atoms with Gasteiger partial charge in [0.1, 0.15) is 5.82 Å². The van der Waals surface area contributed by atoms with Crippen molar-refractivity contribution in [3.8, 4) is 28.2 Å². The van der Waals surface area contributed by atoms with Crippen LogP contribution in [0.5, 0.6) is 0 Å². The van der Waals surface area contributed by atoms with Crippen LogP contribution in [0, 0.1) is 0 Å². The summed E-state index contributed by atoms with van der Waals surface area (Å²) >= 11 is 1.88. The van der Waals surface area contributed by atoms with E-state index >= 15 is 0 Å². The van der Waals surface area contributed by atoms with Crippen molar-refractivity contribution in [1.29, 1.82) is 0 Å². The smallest absolute Gasteiger partial charge is 0.138 e. The average molecular weight is 603 g/mol. The van der Waals surface area contributed by atoms with E-state index in [1.165, 1.54) is 58.1 Å². The third-order valence-corrected chi connectivity index (χ3v) is 10.5. The highest BCUT2D eigenvalue weighted by Crippen LogP contribution is 2.43. The fourth-order valence-electron chi connectivity index (χ4n) is 7.34. The Labute approximate surface area is 269 Å². The molecule has 0 amide bonds. The van der Waals surface area contributed by atoms with Crippen LogP contribution in [0.1, 0.15) is 0 Å². The van der Waals surface area contributed by atoms with Crippen LogP contribution in [0.15, 0.2) is 158 Å². The van der Waals surface area contributed by atoms with Crippen LogP contribution in [0.4, 0.5) is 0 Å². The van der Waals surface area contributed by atoms with Crippen LogP contribution in [-0.2, 0) is 0 Å². The first-order valence-electron chi connectivity index (χ1n) is 15.6. The molecule has 0 radical (unpaired) electrons. The molecule has 46 heavy (non-hydrogen) atoms. The van der Waals surface area contributed by atoms with Gasteiger partial charge in [-0.15, -0.1) is 11.3 Å². The highest BCUT2D eigenvalue weighted by atomic mass is 32.1. The van der Waals surface area contributed by atoms with E-state index in [1.54, 1.807) is 0 Å². The molecule has 3 heterocycles. The summed E-state index contributed by atoms with van der Waals surface area (Å²) in [6, 6.07) is 57.0. The van der Waals surface area contributed by atoms with E-state index < -0.39 is 0 Å². The van der Waals surface area contributed by atoms with Gasteiger partial charge in [0.25, 0.3) is 0 Å². The highest BCUT2D eigenvalue weighted by Gasteiger charge is 2.19. The molecule has 0 unspecified atom stereocenters. The molecule has 7 aromatic carbocycles. The molecule has 0 saturated heterocycles. The van der Waals surface area contributed by atoms with E-state index in [2.05, 4.69) is 162 Å². The molecule has 0 aliphatic rings. The van der Waals surface area contributed by atoms with Gasteiger partial charge >= 0.3 is 0 Å². The molecule has 0 fully saturated rings. The van der Waals surface area contributed by atoms with Gasteiger partial charge in [0.2, 0.25) is 0 Å². The molecule has 0 N–H and O–H groups in total. The number of fused-ring (bicyclic) bond motifs is 11. The first-order chi connectivity index (χ1) is 22.8. The van der Waals surface area contributed by atoms with Crippen molar-refractivity contribution in [3.05, 3.63) is 158 Å². The summed E-state index contributed by atoms with van der Waals surface area (Å²) in [5.74, 6) is 0.915. The zero-order valence-electron chi connectivity index (χ0n) is 24.8. The summed E-state index contributed by atoms with van der Waals surface area (Å²) in [5, 5.41) is 10.3. The molecular formula is C43H26N2S. The summed E-state index contributed by atoms with van der Waals surface area (Å²) in [4.78, 5) is 5.32. The molecule has 214 valence electrons. The predicted molar refractivity (Wildman–Crippen MR) is 197 cm³/mol. The van der Waals surface area contributed by atoms with Crippen molar-refractivity contribution < 1.29 is 0 Å². The van der Waals surface area contributed by atoms with Crippen molar-refractivity contribution in [2.75, 3.05) is 0 Å². The maximum absolute atomic E-state index is 5.32. The average Bonchev–Trinajstić information content (AvgIpc) is 3.68. The molecule has 0 aliphatic carbocycles. The van der Waals surface area contributed by atoms with Crippen LogP contribution < -0.4 is 0 Å². The predicted octanol–water partition coefficient (Wildman–Crippen LogP) is 12.2. The molecule has 0 atom stereocenters. The maximum atomic E-state index is 5.32. The molecule has 3 heteroatoms. The van der Waals surface area contributed by atoms with Gasteiger partial charge in [-0.3, -0.25) is 4.57 Å². The molecule has 0 spiro atoms. The summed E-state index contributed by atoms with van der Waals surface area (Å²) in [6.45, 7) is 0. The topological polar surface area (TPSA) is 17.8 Å². The molecule has 0 aliphatic heterocycles. The standard InChI is InChI=1S/C43H26N2S/c1-3-11-27(12-4-1)29-25-36(28-13-5-2-6-14-28)44-41(26-29)45-37-17-9-7-15-34(37)42-32-19-20-33-31(30(32)21-23-38(42)45)22-24-40-43(33)35-16-8-10-18-39(35)46-40/h1-26H. The van der Waals surface area contributed by atoms with E-state index in [1.807, 2.05) is 11.3 Å². The van der Waals surface area contributed by atoms with Crippen LogP contribution in [0.25, 0.3) is 91.7 Å².